The highest BCUT2D eigenvalue weighted by Gasteiger charge is 2.44. The van der Waals surface area contributed by atoms with Crippen molar-refractivity contribution >= 4 is 11.7 Å². The molecule has 1 N–H and O–H groups in total. The number of halogens is 1. The van der Waals surface area contributed by atoms with Crippen LogP contribution in [0, 0.1) is 5.82 Å². The fraction of sp³-hybridized carbons (Fsp3) is 0.417. The predicted octanol–water partition coefficient (Wildman–Crippen LogP) is 1.33. The first-order chi connectivity index (χ1) is 8.51. The van der Waals surface area contributed by atoms with Crippen molar-refractivity contribution in [3.05, 3.63) is 29.6 Å². The van der Waals surface area contributed by atoms with E-state index in [4.69, 9.17) is 14.6 Å². The molecule has 1 aromatic rings. The molecule has 98 valence electrons. The van der Waals surface area contributed by atoms with Crippen LogP contribution in [0.3, 0.4) is 0 Å². The van der Waals surface area contributed by atoms with E-state index in [9.17, 15) is 9.18 Å². The van der Waals surface area contributed by atoms with Crippen LogP contribution in [-0.2, 0) is 9.47 Å². The number of carboxylic acids is 1. The third kappa shape index (κ3) is 2.04. The first-order valence-electron chi connectivity index (χ1n) is 5.39. The van der Waals surface area contributed by atoms with Gasteiger partial charge in [-0.25, -0.2) is 9.18 Å². The lowest BCUT2D eigenvalue weighted by Gasteiger charge is -2.49. The van der Waals surface area contributed by atoms with Gasteiger partial charge in [0.15, 0.2) is 0 Å². The number of ether oxygens (including phenoxy) is 2. The third-order valence-electron chi connectivity index (χ3n) is 3.14. The van der Waals surface area contributed by atoms with Gasteiger partial charge in [-0.05, 0) is 18.2 Å². The molecule has 2 rings (SSSR count). The minimum absolute atomic E-state index is 0.0594. The van der Waals surface area contributed by atoms with E-state index in [0.717, 1.165) is 6.07 Å². The van der Waals surface area contributed by atoms with Crippen molar-refractivity contribution < 1.29 is 23.8 Å². The Hall–Kier alpha value is -1.66. The SMILES string of the molecule is COC1(OC)CN(c2ccc(F)cc2C(=O)O)C1. The molecule has 1 aliphatic rings. The van der Waals surface area contributed by atoms with E-state index in [-0.39, 0.29) is 5.56 Å². The van der Waals surface area contributed by atoms with Crippen LogP contribution >= 0.6 is 0 Å². The minimum Gasteiger partial charge on any atom is -0.478 e. The Morgan fingerprint density at radius 2 is 2.00 bits per heavy atom. The number of benzene rings is 1. The number of hydrogen-bond acceptors (Lipinski definition) is 4. The molecule has 1 fully saturated rings. The van der Waals surface area contributed by atoms with Crippen molar-refractivity contribution in [3.63, 3.8) is 0 Å². The number of rotatable bonds is 4. The number of nitrogens with zero attached hydrogens (tertiary/aromatic N) is 1. The molecule has 1 heterocycles. The van der Waals surface area contributed by atoms with Gasteiger partial charge in [0.25, 0.3) is 0 Å². The zero-order valence-corrected chi connectivity index (χ0v) is 10.1. The Kier molecular flexibility index (Phi) is 3.23. The molecule has 1 aromatic carbocycles. The van der Waals surface area contributed by atoms with E-state index in [0.29, 0.717) is 18.8 Å². The Bertz CT molecular complexity index is 465. The van der Waals surface area contributed by atoms with Gasteiger partial charge in [0.2, 0.25) is 5.79 Å². The van der Waals surface area contributed by atoms with Gasteiger partial charge >= 0.3 is 5.97 Å². The third-order valence-corrected chi connectivity index (χ3v) is 3.14. The molecule has 18 heavy (non-hydrogen) atoms. The second kappa shape index (κ2) is 4.55. The van der Waals surface area contributed by atoms with Crippen LogP contribution in [0.1, 0.15) is 10.4 Å². The highest BCUT2D eigenvalue weighted by molar-refractivity contribution is 5.94. The van der Waals surface area contributed by atoms with Crippen LogP contribution in [0.25, 0.3) is 0 Å². The largest absolute Gasteiger partial charge is 0.478 e. The average Bonchev–Trinajstić information content (AvgIpc) is 2.30. The van der Waals surface area contributed by atoms with E-state index < -0.39 is 17.6 Å². The number of methoxy groups -OCH3 is 2. The number of anilines is 1. The average molecular weight is 255 g/mol. The smallest absolute Gasteiger partial charge is 0.337 e. The number of carboxylic acid groups (broad SMARTS) is 1. The zero-order chi connectivity index (χ0) is 13.3. The molecule has 0 spiro atoms. The van der Waals surface area contributed by atoms with Crippen molar-refractivity contribution in [2.75, 3.05) is 32.2 Å². The maximum Gasteiger partial charge on any atom is 0.337 e. The van der Waals surface area contributed by atoms with Crippen LogP contribution in [0.4, 0.5) is 10.1 Å². The molecule has 0 amide bonds. The summed E-state index contributed by atoms with van der Waals surface area (Å²) < 4.78 is 23.5. The van der Waals surface area contributed by atoms with Crippen molar-refractivity contribution in [3.8, 4) is 0 Å². The monoisotopic (exact) mass is 255 g/mol. The van der Waals surface area contributed by atoms with E-state index in [2.05, 4.69) is 0 Å². The van der Waals surface area contributed by atoms with Gasteiger partial charge in [-0.3, -0.25) is 0 Å². The predicted molar refractivity (Wildman–Crippen MR) is 62.3 cm³/mol. The number of carbonyl (C=O) groups is 1. The first-order valence-corrected chi connectivity index (χ1v) is 5.39. The Morgan fingerprint density at radius 3 is 2.50 bits per heavy atom. The Balaban J connectivity index is 2.24. The summed E-state index contributed by atoms with van der Waals surface area (Å²) >= 11 is 0. The Labute approximate surface area is 104 Å². The molecule has 0 atom stereocenters. The number of hydrogen-bond donors (Lipinski definition) is 1. The lowest BCUT2D eigenvalue weighted by atomic mass is 10.0. The van der Waals surface area contributed by atoms with E-state index in [1.165, 1.54) is 26.4 Å². The fourth-order valence-corrected chi connectivity index (χ4v) is 2.00. The summed E-state index contributed by atoms with van der Waals surface area (Å²) in [4.78, 5) is 12.8. The molecule has 0 radical (unpaired) electrons. The van der Waals surface area contributed by atoms with Crippen LogP contribution in [0.2, 0.25) is 0 Å². The summed E-state index contributed by atoms with van der Waals surface area (Å²) in [7, 11) is 3.06. The number of aromatic carboxylic acids is 1. The Morgan fingerprint density at radius 1 is 1.39 bits per heavy atom. The maximum absolute atomic E-state index is 13.0. The van der Waals surface area contributed by atoms with Gasteiger partial charge in [0.1, 0.15) is 5.82 Å². The molecular formula is C12H14FNO4. The summed E-state index contributed by atoms with van der Waals surface area (Å²) in [5, 5.41) is 9.05. The molecular weight excluding hydrogens is 241 g/mol. The normalized spacial score (nSPS) is 17.4. The molecule has 0 saturated carbocycles. The standard InChI is InChI=1S/C12H14FNO4/c1-17-12(18-2)6-14(7-12)10-4-3-8(13)5-9(10)11(15)16/h3-5H,6-7H2,1-2H3,(H,15,16). The van der Waals surface area contributed by atoms with E-state index in [1.54, 1.807) is 4.90 Å². The zero-order valence-electron chi connectivity index (χ0n) is 10.1. The van der Waals surface area contributed by atoms with Gasteiger partial charge in [0, 0.05) is 14.2 Å². The van der Waals surface area contributed by atoms with Gasteiger partial charge in [0.05, 0.1) is 24.3 Å². The lowest BCUT2D eigenvalue weighted by molar-refractivity contribution is -0.219. The summed E-state index contributed by atoms with van der Waals surface area (Å²) in [5.74, 6) is -2.43. The minimum atomic E-state index is -1.16. The van der Waals surface area contributed by atoms with Gasteiger partial charge < -0.3 is 19.5 Å². The molecule has 5 nitrogen and oxygen atoms in total. The summed E-state index contributed by atoms with van der Waals surface area (Å²) in [6, 6.07) is 3.70. The highest BCUT2D eigenvalue weighted by Crippen LogP contribution is 2.33. The quantitative estimate of drug-likeness (QED) is 0.822. The van der Waals surface area contributed by atoms with E-state index >= 15 is 0 Å². The molecule has 1 saturated heterocycles. The summed E-state index contributed by atoms with van der Waals surface area (Å²) in [6.07, 6.45) is 0. The van der Waals surface area contributed by atoms with Crippen molar-refractivity contribution in [2.24, 2.45) is 0 Å². The van der Waals surface area contributed by atoms with Crippen LogP contribution in [-0.4, -0.2) is 44.2 Å². The second-order valence-corrected chi connectivity index (χ2v) is 4.14. The summed E-state index contributed by atoms with van der Waals surface area (Å²) in [6.45, 7) is 0.817. The van der Waals surface area contributed by atoms with Crippen molar-refractivity contribution in [2.45, 2.75) is 5.79 Å². The summed E-state index contributed by atoms with van der Waals surface area (Å²) in [5.41, 5.74) is 0.407. The van der Waals surface area contributed by atoms with Crippen LogP contribution in [0.15, 0.2) is 18.2 Å². The van der Waals surface area contributed by atoms with Gasteiger partial charge in [-0.2, -0.15) is 0 Å². The molecule has 1 aliphatic heterocycles. The van der Waals surface area contributed by atoms with Crippen LogP contribution in [0.5, 0.6) is 0 Å². The molecule has 0 bridgehead atoms. The molecule has 0 unspecified atom stereocenters. The van der Waals surface area contributed by atoms with Crippen molar-refractivity contribution in [1.82, 2.24) is 0 Å². The lowest BCUT2D eigenvalue weighted by Crippen LogP contribution is -2.64. The van der Waals surface area contributed by atoms with Crippen LogP contribution < -0.4 is 4.90 Å². The molecule has 0 aromatic heterocycles. The molecule has 6 heteroatoms. The fourth-order valence-electron chi connectivity index (χ4n) is 2.00. The topological polar surface area (TPSA) is 59.0 Å². The second-order valence-electron chi connectivity index (χ2n) is 4.14. The maximum atomic E-state index is 13.0. The first kappa shape index (κ1) is 12.8. The molecule has 0 aliphatic carbocycles. The van der Waals surface area contributed by atoms with Gasteiger partial charge in [-0.1, -0.05) is 0 Å². The van der Waals surface area contributed by atoms with Crippen molar-refractivity contribution in [1.29, 1.82) is 0 Å². The van der Waals surface area contributed by atoms with E-state index in [1.807, 2.05) is 0 Å². The highest BCUT2D eigenvalue weighted by atomic mass is 19.1. The van der Waals surface area contributed by atoms with Gasteiger partial charge in [-0.15, -0.1) is 0 Å².